The Morgan fingerprint density at radius 2 is 2.12 bits per heavy atom. The zero-order valence-corrected chi connectivity index (χ0v) is 15.4. The van der Waals surface area contributed by atoms with Crippen LogP contribution in [0.5, 0.6) is 0 Å². The summed E-state index contributed by atoms with van der Waals surface area (Å²) in [6, 6.07) is 4.12. The molecule has 6 heteroatoms. The number of hydrogen-bond donors (Lipinski definition) is 1. The number of carbonyl (C=O) groups excluding carboxylic acids is 1. The van der Waals surface area contributed by atoms with Gasteiger partial charge in [0.2, 0.25) is 0 Å². The van der Waals surface area contributed by atoms with Gasteiger partial charge in [-0.05, 0) is 57.1 Å². The third-order valence-electron chi connectivity index (χ3n) is 5.84. The number of aromatic nitrogens is 2. The van der Waals surface area contributed by atoms with Crippen molar-refractivity contribution in [2.45, 2.75) is 52.0 Å². The van der Waals surface area contributed by atoms with Crippen molar-refractivity contribution >= 4 is 34.3 Å². The Hall–Kier alpha value is -1.75. The number of nitrogens with zero attached hydrogens (tertiary/aromatic N) is 2. The molecule has 0 spiro atoms. The van der Waals surface area contributed by atoms with E-state index in [1.54, 1.807) is 0 Å². The molecule has 3 fully saturated rings. The van der Waals surface area contributed by atoms with Crippen molar-refractivity contribution in [3.8, 4) is 0 Å². The van der Waals surface area contributed by atoms with Crippen LogP contribution in [0.15, 0.2) is 18.3 Å². The predicted molar refractivity (Wildman–Crippen MR) is 98.4 cm³/mol. The molecule has 0 saturated heterocycles. The maximum absolute atomic E-state index is 12.5. The van der Waals surface area contributed by atoms with Crippen LogP contribution < -0.4 is 5.48 Å². The molecule has 3 aliphatic carbocycles. The summed E-state index contributed by atoms with van der Waals surface area (Å²) in [6.45, 7) is 4.22. The van der Waals surface area contributed by atoms with Crippen LogP contribution in [0.1, 0.15) is 52.0 Å². The summed E-state index contributed by atoms with van der Waals surface area (Å²) in [7, 11) is 0. The number of fused-ring (bicyclic) bond motifs is 4. The Labute approximate surface area is 152 Å². The minimum Gasteiger partial charge on any atom is -0.345 e. The van der Waals surface area contributed by atoms with Gasteiger partial charge >= 0.3 is 5.97 Å². The maximum atomic E-state index is 12.5. The Kier molecular flexibility index (Phi) is 4.36. The Balaban J connectivity index is 1.52. The lowest BCUT2D eigenvalue weighted by molar-refractivity contribution is -0.151. The topological polar surface area (TPSA) is 56.2 Å². The number of nitrogens with one attached hydrogen (secondary N) is 1. The second-order valence-electron chi connectivity index (χ2n) is 7.69. The van der Waals surface area contributed by atoms with E-state index in [0.717, 1.165) is 30.2 Å². The molecule has 0 amide bonds. The van der Waals surface area contributed by atoms with Crippen molar-refractivity contribution in [1.29, 1.82) is 0 Å². The molecule has 5 nitrogen and oxygen atoms in total. The minimum atomic E-state index is -0.160. The molecule has 1 unspecified atom stereocenters. The third-order valence-corrected chi connectivity index (χ3v) is 6.03. The Morgan fingerprint density at radius 1 is 1.36 bits per heavy atom. The number of pyridine rings is 1. The van der Waals surface area contributed by atoms with Gasteiger partial charge in [-0.15, -0.1) is 0 Å². The molecule has 2 bridgehead atoms. The van der Waals surface area contributed by atoms with Gasteiger partial charge in [-0.25, -0.2) is 9.78 Å². The van der Waals surface area contributed by atoms with E-state index in [1.807, 2.05) is 18.3 Å². The second-order valence-corrected chi connectivity index (χ2v) is 8.08. The van der Waals surface area contributed by atoms with Crippen LogP contribution in [0.25, 0.3) is 10.9 Å². The van der Waals surface area contributed by atoms with E-state index in [1.165, 1.54) is 12.8 Å². The highest BCUT2D eigenvalue weighted by atomic mass is 35.5. The molecule has 25 heavy (non-hydrogen) atoms. The molecule has 134 valence electrons. The van der Waals surface area contributed by atoms with Crippen molar-refractivity contribution < 1.29 is 9.63 Å². The Bertz CT molecular complexity index is 793. The van der Waals surface area contributed by atoms with Crippen LogP contribution in [-0.2, 0) is 9.63 Å². The summed E-state index contributed by atoms with van der Waals surface area (Å²) in [5, 5.41) is 1.28. The highest BCUT2D eigenvalue weighted by Gasteiger charge is 2.40. The quantitative estimate of drug-likeness (QED) is 0.617. The average molecular weight is 362 g/mol. The van der Waals surface area contributed by atoms with Gasteiger partial charge in [0.1, 0.15) is 5.15 Å². The molecule has 2 aromatic rings. The highest BCUT2D eigenvalue weighted by molar-refractivity contribution is 6.30. The monoisotopic (exact) mass is 361 g/mol. The summed E-state index contributed by atoms with van der Waals surface area (Å²) < 4.78 is 2.12. The zero-order chi connectivity index (χ0) is 17.6. The second kappa shape index (κ2) is 6.52. The Morgan fingerprint density at radius 3 is 2.76 bits per heavy atom. The smallest absolute Gasteiger partial charge is 0.335 e. The van der Waals surface area contributed by atoms with E-state index in [2.05, 4.69) is 28.9 Å². The van der Waals surface area contributed by atoms with Gasteiger partial charge in [-0.1, -0.05) is 24.4 Å². The number of halogens is 1. The van der Waals surface area contributed by atoms with Crippen LogP contribution >= 0.6 is 11.6 Å². The predicted octanol–water partition coefficient (Wildman–Crippen LogP) is 4.97. The van der Waals surface area contributed by atoms with Gasteiger partial charge in [-0.3, -0.25) is 0 Å². The molecule has 3 aliphatic rings. The normalized spacial score (nSPS) is 25.5. The van der Waals surface area contributed by atoms with Gasteiger partial charge < -0.3 is 9.40 Å². The van der Waals surface area contributed by atoms with Crippen LogP contribution in [-0.4, -0.2) is 15.5 Å². The molecule has 0 radical (unpaired) electrons. The summed E-state index contributed by atoms with van der Waals surface area (Å²) in [6.07, 6.45) is 7.80. The number of carbonyl (C=O) groups is 1. The lowest BCUT2D eigenvalue weighted by atomic mass is 9.65. The number of anilines is 1. The van der Waals surface area contributed by atoms with Crippen LogP contribution in [0, 0.1) is 17.8 Å². The summed E-state index contributed by atoms with van der Waals surface area (Å²) in [5.41, 5.74) is 3.76. The number of rotatable bonds is 4. The third kappa shape index (κ3) is 3.10. The molecular formula is C19H24ClN3O2. The lowest BCUT2D eigenvalue weighted by Crippen LogP contribution is -2.37. The van der Waals surface area contributed by atoms with E-state index >= 15 is 0 Å². The van der Waals surface area contributed by atoms with Crippen molar-refractivity contribution in [1.82, 2.24) is 9.55 Å². The van der Waals surface area contributed by atoms with Gasteiger partial charge in [0.25, 0.3) is 0 Å². The van der Waals surface area contributed by atoms with Crippen LogP contribution in [0.3, 0.4) is 0 Å². The fourth-order valence-electron chi connectivity index (χ4n) is 4.49. The SMILES string of the molecule is CC(C)n1ccc2c(NOC(=O)C3CC4CCC3CC4)nc(Cl)cc21. The summed E-state index contributed by atoms with van der Waals surface area (Å²) >= 11 is 6.17. The molecule has 2 aromatic heterocycles. The highest BCUT2D eigenvalue weighted by Crippen LogP contribution is 2.45. The van der Waals surface area contributed by atoms with Crippen LogP contribution in [0.4, 0.5) is 5.82 Å². The largest absolute Gasteiger partial charge is 0.345 e. The lowest BCUT2D eigenvalue weighted by Gasteiger charge is -2.40. The standard InChI is InChI=1S/C19H24ClN3O2/c1-11(2)23-8-7-14-16(23)10-17(20)21-18(14)22-25-19(24)15-9-12-3-5-13(15)6-4-12/h7-8,10-13,15H,3-6,9H2,1-2H3,(H,21,22). The van der Waals surface area contributed by atoms with Gasteiger partial charge in [0, 0.05) is 17.6 Å². The molecule has 3 saturated carbocycles. The molecule has 1 N–H and O–H groups in total. The van der Waals surface area contributed by atoms with Crippen molar-refractivity contribution in [2.24, 2.45) is 17.8 Å². The average Bonchev–Trinajstić information content (AvgIpc) is 3.04. The number of hydrogen-bond acceptors (Lipinski definition) is 4. The van der Waals surface area contributed by atoms with Crippen molar-refractivity contribution in [3.05, 3.63) is 23.5 Å². The minimum absolute atomic E-state index is 0.0231. The zero-order valence-electron chi connectivity index (χ0n) is 14.7. The first-order chi connectivity index (χ1) is 12.0. The van der Waals surface area contributed by atoms with Gasteiger partial charge in [0.05, 0.1) is 11.4 Å². The maximum Gasteiger partial charge on any atom is 0.335 e. The van der Waals surface area contributed by atoms with Crippen molar-refractivity contribution in [2.75, 3.05) is 5.48 Å². The van der Waals surface area contributed by atoms with E-state index in [9.17, 15) is 4.79 Å². The van der Waals surface area contributed by atoms with E-state index < -0.39 is 0 Å². The molecule has 5 rings (SSSR count). The first-order valence-corrected chi connectivity index (χ1v) is 9.54. The van der Waals surface area contributed by atoms with Crippen LogP contribution in [0.2, 0.25) is 5.15 Å². The fourth-order valence-corrected chi connectivity index (χ4v) is 4.68. The van der Waals surface area contributed by atoms with Gasteiger partial charge in [0.15, 0.2) is 5.82 Å². The first kappa shape index (κ1) is 16.7. The summed E-state index contributed by atoms with van der Waals surface area (Å²) in [4.78, 5) is 22.3. The molecule has 0 aliphatic heterocycles. The van der Waals surface area contributed by atoms with E-state index in [4.69, 9.17) is 16.4 Å². The fraction of sp³-hybridized carbons (Fsp3) is 0.579. The van der Waals surface area contributed by atoms with Crippen molar-refractivity contribution in [3.63, 3.8) is 0 Å². The molecular weight excluding hydrogens is 338 g/mol. The summed E-state index contributed by atoms with van der Waals surface area (Å²) in [5.74, 6) is 1.53. The molecule has 1 atom stereocenters. The molecule has 0 aromatic carbocycles. The van der Waals surface area contributed by atoms with Gasteiger partial charge in [-0.2, -0.15) is 5.48 Å². The van der Waals surface area contributed by atoms with E-state index in [0.29, 0.717) is 28.8 Å². The first-order valence-electron chi connectivity index (χ1n) is 9.16. The molecule has 2 heterocycles. The van der Waals surface area contributed by atoms with E-state index in [-0.39, 0.29) is 11.9 Å².